The fraction of sp³-hybridized carbons (Fsp3) is 0.538. The van der Waals surface area contributed by atoms with Crippen molar-refractivity contribution in [2.75, 3.05) is 13.7 Å². The number of carbonyl (C=O) groups excluding carboxylic acids is 1. The number of fused-ring (bicyclic) bond motifs is 1. The van der Waals surface area contributed by atoms with Crippen molar-refractivity contribution in [2.24, 2.45) is 0 Å². The molecule has 1 N–H and O–H groups in total. The Labute approximate surface area is 126 Å². The number of hydrogen-bond acceptors (Lipinski definition) is 5. The van der Waals surface area contributed by atoms with Crippen LogP contribution in [0.3, 0.4) is 0 Å². The van der Waals surface area contributed by atoms with Crippen molar-refractivity contribution in [2.45, 2.75) is 31.2 Å². The summed E-state index contributed by atoms with van der Waals surface area (Å²) in [5.41, 5.74) is 1.28. The number of nitrogens with zero attached hydrogens (tertiary/aromatic N) is 4. The Morgan fingerprint density at radius 2 is 2.33 bits per heavy atom. The van der Waals surface area contributed by atoms with E-state index in [9.17, 15) is 4.79 Å². The van der Waals surface area contributed by atoms with Crippen LogP contribution in [0.2, 0.25) is 0 Å². The van der Waals surface area contributed by atoms with Crippen molar-refractivity contribution in [3.8, 4) is 5.88 Å². The zero-order chi connectivity index (χ0) is 15.0. The number of piperidine rings is 1. The van der Waals surface area contributed by atoms with Gasteiger partial charge in [0, 0.05) is 13.0 Å². The smallest absolute Gasteiger partial charge is 0.245 e. The predicted octanol–water partition coefficient (Wildman–Crippen LogP) is 1.59. The molecule has 112 valence electrons. The number of alkyl halides is 1. The van der Waals surface area contributed by atoms with Crippen LogP contribution in [-0.4, -0.2) is 39.1 Å². The third-order valence-electron chi connectivity index (χ3n) is 3.62. The van der Waals surface area contributed by atoms with Crippen LogP contribution < -0.4 is 10.1 Å². The molecule has 1 amide bonds. The van der Waals surface area contributed by atoms with Crippen molar-refractivity contribution in [3.63, 3.8) is 0 Å². The van der Waals surface area contributed by atoms with Crippen LogP contribution in [0.1, 0.15) is 37.0 Å². The Hall–Kier alpha value is -1.89. The van der Waals surface area contributed by atoms with Gasteiger partial charge in [-0.25, -0.2) is 9.97 Å². The van der Waals surface area contributed by atoms with Gasteiger partial charge in [0.25, 0.3) is 0 Å². The summed E-state index contributed by atoms with van der Waals surface area (Å²) in [6.45, 7) is 2.41. The van der Waals surface area contributed by atoms with E-state index in [-0.39, 0.29) is 17.3 Å². The van der Waals surface area contributed by atoms with Gasteiger partial charge in [0.15, 0.2) is 11.2 Å². The number of methoxy groups -OCH3 is 1. The number of ether oxygens (including phenoxy) is 1. The molecule has 0 bridgehead atoms. The van der Waals surface area contributed by atoms with Gasteiger partial charge < -0.3 is 14.6 Å². The Morgan fingerprint density at radius 1 is 1.52 bits per heavy atom. The van der Waals surface area contributed by atoms with Crippen LogP contribution >= 0.6 is 11.6 Å². The first kappa shape index (κ1) is 14.1. The lowest BCUT2D eigenvalue weighted by Crippen LogP contribution is -2.36. The minimum Gasteiger partial charge on any atom is -0.479 e. The topological polar surface area (TPSA) is 81.9 Å². The molecule has 0 spiro atoms. The van der Waals surface area contributed by atoms with E-state index < -0.39 is 0 Å². The standard InChI is InChI=1S/C13H16ClN5O2/c1-7(14)11-18-10-12(16-6-17-13(10)21-2)19(11)8-3-4-9(20)15-5-8/h6-8H,3-5H2,1-2H3,(H,15,20). The molecule has 21 heavy (non-hydrogen) atoms. The number of aromatic nitrogens is 4. The normalized spacial score (nSPS) is 20.3. The molecule has 3 heterocycles. The van der Waals surface area contributed by atoms with Gasteiger partial charge in [0.1, 0.15) is 12.2 Å². The highest BCUT2D eigenvalue weighted by Gasteiger charge is 2.27. The number of carbonyl (C=O) groups is 1. The predicted molar refractivity (Wildman–Crippen MR) is 77.4 cm³/mol. The summed E-state index contributed by atoms with van der Waals surface area (Å²) in [4.78, 5) is 24.3. The van der Waals surface area contributed by atoms with Crippen molar-refractivity contribution < 1.29 is 9.53 Å². The molecule has 2 aromatic rings. The summed E-state index contributed by atoms with van der Waals surface area (Å²) in [5.74, 6) is 1.21. The summed E-state index contributed by atoms with van der Waals surface area (Å²) < 4.78 is 7.24. The van der Waals surface area contributed by atoms with Crippen LogP contribution in [-0.2, 0) is 4.79 Å². The first-order valence-electron chi connectivity index (χ1n) is 6.79. The first-order chi connectivity index (χ1) is 10.1. The van der Waals surface area contributed by atoms with Crippen molar-refractivity contribution in [1.29, 1.82) is 0 Å². The number of hydrogen-bond donors (Lipinski definition) is 1. The lowest BCUT2D eigenvalue weighted by Gasteiger charge is -2.26. The van der Waals surface area contributed by atoms with E-state index in [0.29, 0.717) is 35.8 Å². The molecule has 8 heteroatoms. The van der Waals surface area contributed by atoms with E-state index in [1.165, 1.54) is 6.33 Å². The molecule has 0 saturated carbocycles. The molecule has 0 aliphatic carbocycles. The lowest BCUT2D eigenvalue weighted by molar-refractivity contribution is -0.122. The molecule has 3 rings (SSSR count). The Morgan fingerprint density at radius 3 is 2.95 bits per heavy atom. The van der Waals surface area contributed by atoms with Gasteiger partial charge in [-0.05, 0) is 13.3 Å². The molecule has 2 aromatic heterocycles. The zero-order valence-corrected chi connectivity index (χ0v) is 12.6. The number of halogens is 1. The van der Waals surface area contributed by atoms with Crippen molar-refractivity contribution in [3.05, 3.63) is 12.2 Å². The van der Waals surface area contributed by atoms with Crippen molar-refractivity contribution in [1.82, 2.24) is 24.8 Å². The van der Waals surface area contributed by atoms with E-state index in [4.69, 9.17) is 16.3 Å². The lowest BCUT2D eigenvalue weighted by atomic mass is 10.1. The summed E-state index contributed by atoms with van der Waals surface area (Å²) in [7, 11) is 1.55. The fourth-order valence-corrected chi connectivity index (χ4v) is 2.79. The number of nitrogens with one attached hydrogen (secondary N) is 1. The first-order valence-corrected chi connectivity index (χ1v) is 7.23. The highest BCUT2D eigenvalue weighted by Crippen LogP contribution is 2.32. The van der Waals surface area contributed by atoms with Gasteiger partial charge in [-0.15, -0.1) is 11.6 Å². The maximum Gasteiger partial charge on any atom is 0.245 e. The van der Waals surface area contributed by atoms with Gasteiger partial charge in [-0.1, -0.05) is 0 Å². The molecule has 2 atom stereocenters. The van der Waals surface area contributed by atoms with Gasteiger partial charge in [0.2, 0.25) is 11.8 Å². The molecule has 0 aromatic carbocycles. The minimum absolute atomic E-state index is 0.0725. The second-order valence-corrected chi connectivity index (χ2v) is 5.66. The third-order valence-corrected chi connectivity index (χ3v) is 3.82. The van der Waals surface area contributed by atoms with Crippen LogP contribution in [0.15, 0.2) is 6.33 Å². The molecule has 1 fully saturated rings. The number of rotatable bonds is 3. The second-order valence-electron chi connectivity index (χ2n) is 5.01. The maximum atomic E-state index is 11.4. The van der Waals surface area contributed by atoms with E-state index >= 15 is 0 Å². The number of imidazole rings is 1. The molecule has 1 saturated heterocycles. The molecular formula is C13H16ClN5O2. The van der Waals surface area contributed by atoms with Crippen LogP contribution in [0.4, 0.5) is 0 Å². The minimum atomic E-state index is -0.276. The van der Waals surface area contributed by atoms with Gasteiger partial charge in [-0.3, -0.25) is 4.79 Å². The van der Waals surface area contributed by atoms with Gasteiger partial charge in [-0.2, -0.15) is 4.98 Å². The van der Waals surface area contributed by atoms with E-state index in [2.05, 4.69) is 20.3 Å². The Bertz CT molecular complexity index is 674. The Kier molecular flexibility index (Phi) is 3.67. The summed E-state index contributed by atoms with van der Waals surface area (Å²) in [5, 5.41) is 2.60. The fourth-order valence-electron chi connectivity index (χ4n) is 2.64. The third kappa shape index (κ3) is 2.42. The van der Waals surface area contributed by atoms with Crippen LogP contribution in [0.5, 0.6) is 5.88 Å². The highest BCUT2D eigenvalue weighted by atomic mass is 35.5. The quantitative estimate of drug-likeness (QED) is 0.871. The molecule has 2 unspecified atom stereocenters. The van der Waals surface area contributed by atoms with E-state index in [0.717, 1.165) is 6.42 Å². The average Bonchev–Trinajstić information content (AvgIpc) is 2.87. The van der Waals surface area contributed by atoms with E-state index in [1.807, 2.05) is 11.5 Å². The zero-order valence-electron chi connectivity index (χ0n) is 11.8. The molecule has 0 radical (unpaired) electrons. The maximum absolute atomic E-state index is 11.4. The van der Waals surface area contributed by atoms with Crippen LogP contribution in [0, 0.1) is 0 Å². The van der Waals surface area contributed by atoms with Crippen molar-refractivity contribution >= 4 is 28.7 Å². The molecule has 7 nitrogen and oxygen atoms in total. The molecule has 1 aliphatic rings. The van der Waals surface area contributed by atoms with Crippen LogP contribution in [0.25, 0.3) is 11.2 Å². The van der Waals surface area contributed by atoms with Gasteiger partial charge >= 0.3 is 0 Å². The largest absolute Gasteiger partial charge is 0.479 e. The molecule has 1 aliphatic heterocycles. The van der Waals surface area contributed by atoms with E-state index in [1.54, 1.807) is 7.11 Å². The average molecular weight is 310 g/mol. The summed E-state index contributed by atoms with van der Waals surface area (Å²) in [6.07, 6.45) is 2.67. The van der Waals surface area contributed by atoms with Gasteiger partial charge in [0.05, 0.1) is 18.5 Å². The molecular weight excluding hydrogens is 294 g/mol. The monoisotopic (exact) mass is 309 g/mol. The number of amides is 1. The Balaban J connectivity index is 2.14. The second kappa shape index (κ2) is 5.48. The summed E-state index contributed by atoms with van der Waals surface area (Å²) >= 11 is 6.26. The highest BCUT2D eigenvalue weighted by molar-refractivity contribution is 6.20. The summed E-state index contributed by atoms with van der Waals surface area (Å²) in [6, 6.07) is 0.0866. The SMILES string of the molecule is COc1ncnc2c1nc(C(C)Cl)n2C1CCC(=O)NC1.